The van der Waals surface area contributed by atoms with Gasteiger partial charge in [-0.05, 0) is 43.5 Å². The smallest absolute Gasteiger partial charge is 0.241 e. The Hall–Kier alpha value is -2.37. The van der Waals surface area contributed by atoms with Gasteiger partial charge in [-0.1, -0.05) is 48.0 Å². The Labute approximate surface area is 161 Å². The summed E-state index contributed by atoms with van der Waals surface area (Å²) in [7, 11) is 0.324. The van der Waals surface area contributed by atoms with Crippen LogP contribution in [0, 0.1) is 13.8 Å². The zero-order valence-corrected chi connectivity index (χ0v) is 17.1. The Balaban J connectivity index is 1.86. The van der Waals surface area contributed by atoms with E-state index in [2.05, 4.69) is 36.8 Å². The first kappa shape index (κ1) is 19.4. The minimum absolute atomic E-state index is 0.323. The number of hydrogen-bond donors (Lipinski definition) is 1. The molecule has 27 heavy (non-hydrogen) atoms. The van der Waals surface area contributed by atoms with Crippen LogP contribution < -0.4 is 9.62 Å². The molecule has 0 fully saturated rings. The van der Waals surface area contributed by atoms with Gasteiger partial charge in [0.05, 0.1) is 4.90 Å². The number of hydrogen-bond acceptors (Lipinski definition) is 3. The normalized spacial score (nSPS) is 11.7. The van der Waals surface area contributed by atoms with Gasteiger partial charge < -0.3 is 4.90 Å². The molecule has 4 nitrogen and oxygen atoms in total. The quantitative estimate of drug-likeness (QED) is 0.700. The summed E-state index contributed by atoms with van der Waals surface area (Å²) in [5, 5.41) is 1.67. The standard InChI is InChI=1S/C22H26N2O2S/c1-16-11-12-18(17(2)15-16)13-14-23-27(25,26)22-10-6-7-19-20(22)8-5-9-21(19)24(3)4/h5-12,15,23H,13-14H2,1-4H3. The highest BCUT2D eigenvalue weighted by molar-refractivity contribution is 7.89. The summed E-state index contributed by atoms with van der Waals surface area (Å²) in [6.07, 6.45) is 0.666. The Morgan fingerprint density at radius 1 is 0.926 bits per heavy atom. The fourth-order valence-electron chi connectivity index (χ4n) is 3.41. The molecule has 0 atom stereocenters. The summed E-state index contributed by atoms with van der Waals surface area (Å²) in [6, 6.07) is 17.4. The van der Waals surface area contributed by atoms with Gasteiger partial charge in [-0.15, -0.1) is 0 Å². The van der Waals surface area contributed by atoms with E-state index in [9.17, 15) is 8.42 Å². The topological polar surface area (TPSA) is 49.4 Å². The zero-order valence-electron chi connectivity index (χ0n) is 16.3. The molecule has 0 aromatic heterocycles. The van der Waals surface area contributed by atoms with Gasteiger partial charge in [0, 0.05) is 37.1 Å². The molecular weight excluding hydrogens is 356 g/mol. The molecular formula is C22H26N2O2S. The van der Waals surface area contributed by atoms with Crippen LogP contribution in [-0.2, 0) is 16.4 Å². The Morgan fingerprint density at radius 3 is 2.33 bits per heavy atom. The second-order valence-corrected chi connectivity index (χ2v) is 8.84. The molecule has 0 radical (unpaired) electrons. The molecule has 0 spiro atoms. The maximum Gasteiger partial charge on any atom is 0.241 e. The van der Waals surface area contributed by atoms with Gasteiger partial charge in [0.1, 0.15) is 0 Å². The fraction of sp³-hybridized carbons (Fsp3) is 0.273. The summed E-state index contributed by atoms with van der Waals surface area (Å²) < 4.78 is 28.6. The molecule has 0 unspecified atom stereocenters. The molecule has 0 heterocycles. The molecule has 0 aliphatic rings. The van der Waals surface area contributed by atoms with Crippen molar-refractivity contribution in [1.82, 2.24) is 4.72 Å². The number of nitrogens with zero attached hydrogens (tertiary/aromatic N) is 1. The first-order valence-corrected chi connectivity index (χ1v) is 10.5. The highest BCUT2D eigenvalue weighted by Crippen LogP contribution is 2.30. The lowest BCUT2D eigenvalue weighted by atomic mass is 10.0. The van der Waals surface area contributed by atoms with Crippen molar-refractivity contribution in [1.29, 1.82) is 0 Å². The minimum atomic E-state index is -3.59. The van der Waals surface area contributed by atoms with E-state index in [1.165, 1.54) is 11.1 Å². The number of fused-ring (bicyclic) bond motifs is 1. The van der Waals surface area contributed by atoms with Gasteiger partial charge >= 0.3 is 0 Å². The molecule has 0 saturated heterocycles. The summed E-state index contributed by atoms with van der Waals surface area (Å²) in [6.45, 7) is 4.49. The van der Waals surface area contributed by atoms with Gasteiger partial charge in [0.25, 0.3) is 0 Å². The number of anilines is 1. The third-order valence-corrected chi connectivity index (χ3v) is 6.33. The molecule has 5 heteroatoms. The number of sulfonamides is 1. The maximum absolute atomic E-state index is 12.9. The lowest BCUT2D eigenvalue weighted by Gasteiger charge is -2.17. The number of aryl methyl sites for hydroxylation is 2. The maximum atomic E-state index is 12.9. The van der Waals surface area contributed by atoms with E-state index in [1.54, 1.807) is 12.1 Å². The van der Waals surface area contributed by atoms with Crippen LogP contribution in [0.5, 0.6) is 0 Å². The van der Waals surface area contributed by atoms with Crippen LogP contribution in [0.1, 0.15) is 16.7 Å². The Morgan fingerprint density at radius 2 is 1.63 bits per heavy atom. The van der Waals surface area contributed by atoms with E-state index in [0.29, 0.717) is 17.9 Å². The molecule has 0 amide bonds. The van der Waals surface area contributed by atoms with Crippen LogP contribution in [0.3, 0.4) is 0 Å². The third kappa shape index (κ3) is 4.15. The van der Waals surface area contributed by atoms with Gasteiger partial charge in [0.2, 0.25) is 10.0 Å². The second-order valence-electron chi connectivity index (χ2n) is 7.10. The predicted molar refractivity (Wildman–Crippen MR) is 113 cm³/mol. The van der Waals surface area contributed by atoms with Crippen molar-refractivity contribution in [2.24, 2.45) is 0 Å². The van der Waals surface area contributed by atoms with Gasteiger partial charge in [0.15, 0.2) is 0 Å². The third-order valence-electron chi connectivity index (χ3n) is 4.81. The van der Waals surface area contributed by atoms with E-state index in [0.717, 1.165) is 22.0 Å². The molecule has 0 aliphatic heterocycles. The highest BCUT2D eigenvalue weighted by atomic mass is 32.2. The van der Waals surface area contributed by atoms with Crippen molar-refractivity contribution in [2.45, 2.75) is 25.2 Å². The Bertz CT molecular complexity index is 1070. The Kier molecular flexibility index (Phi) is 5.53. The van der Waals surface area contributed by atoms with E-state index < -0.39 is 10.0 Å². The van der Waals surface area contributed by atoms with Crippen molar-refractivity contribution in [3.8, 4) is 0 Å². The molecule has 142 valence electrons. The number of rotatable bonds is 6. The molecule has 0 bridgehead atoms. The molecule has 0 aliphatic carbocycles. The summed E-state index contributed by atoms with van der Waals surface area (Å²) in [4.78, 5) is 2.32. The first-order valence-electron chi connectivity index (χ1n) is 9.04. The first-order chi connectivity index (χ1) is 12.8. The van der Waals surface area contributed by atoms with Crippen molar-refractivity contribution < 1.29 is 8.42 Å². The van der Waals surface area contributed by atoms with Crippen LogP contribution in [0.15, 0.2) is 59.5 Å². The molecule has 1 N–H and O–H groups in total. The molecule has 3 aromatic carbocycles. The van der Waals surface area contributed by atoms with Gasteiger partial charge in [-0.3, -0.25) is 0 Å². The lowest BCUT2D eigenvalue weighted by molar-refractivity contribution is 0.582. The van der Waals surface area contributed by atoms with Crippen LogP contribution in [-0.4, -0.2) is 29.1 Å². The molecule has 3 aromatic rings. The van der Waals surface area contributed by atoms with Crippen LogP contribution >= 0.6 is 0 Å². The van der Waals surface area contributed by atoms with Crippen molar-refractivity contribution in [3.63, 3.8) is 0 Å². The van der Waals surface area contributed by atoms with E-state index in [-0.39, 0.29) is 0 Å². The van der Waals surface area contributed by atoms with Crippen molar-refractivity contribution in [2.75, 3.05) is 25.5 Å². The molecule has 3 rings (SSSR count). The van der Waals surface area contributed by atoms with Crippen molar-refractivity contribution in [3.05, 3.63) is 71.3 Å². The SMILES string of the molecule is Cc1ccc(CCNS(=O)(=O)c2cccc3c(N(C)C)cccc23)c(C)c1. The average Bonchev–Trinajstić information content (AvgIpc) is 2.62. The molecule has 0 saturated carbocycles. The van der Waals surface area contributed by atoms with Crippen LogP contribution in [0.2, 0.25) is 0 Å². The van der Waals surface area contributed by atoms with Crippen molar-refractivity contribution >= 4 is 26.5 Å². The number of nitrogens with one attached hydrogen (secondary N) is 1. The van der Waals surface area contributed by atoms with Gasteiger partial charge in [-0.25, -0.2) is 13.1 Å². The highest BCUT2D eigenvalue weighted by Gasteiger charge is 2.18. The fourth-order valence-corrected chi connectivity index (χ4v) is 4.66. The number of benzene rings is 3. The predicted octanol–water partition coefficient (Wildman–Crippen LogP) is 4.04. The van der Waals surface area contributed by atoms with E-state index >= 15 is 0 Å². The van der Waals surface area contributed by atoms with E-state index in [4.69, 9.17) is 0 Å². The second kappa shape index (κ2) is 7.71. The zero-order chi connectivity index (χ0) is 19.6. The van der Waals surface area contributed by atoms with Gasteiger partial charge in [-0.2, -0.15) is 0 Å². The van der Waals surface area contributed by atoms with Crippen LogP contribution in [0.4, 0.5) is 5.69 Å². The monoisotopic (exact) mass is 382 g/mol. The average molecular weight is 383 g/mol. The van der Waals surface area contributed by atoms with Crippen LogP contribution in [0.25, 0.3) is 10.8 Å². The summed E-state index contributed by atoms with van der Waals surface area (Å²) in [5.41, 5.74) is 4.57. The lowest BCUT2D eigenvalue weighted by Crippen LogP contribution is -2.26. The minimum Gasteiger partial charge on any atom is -0.377 e. The summed E-state index contributed by atoms with van der Waals surface area (Å²) >= 11 is 0. The summed E-state index contributed by atoms with van der Waals surface area (Å²) in [5.74, 6) is 0. The largest absolute Gasteiger partial charge is 0.377 e. The van der Waals surface area contributed by atoms with E-state index in [1.807, 2.05) is 43.3 Å².